The Kier molecular flexibility index (Phi) is 5.39. The Morgan fingerprint density at radius 3 is 2.64 bits per heavy atom. The zero-order valence-corrected chi connectivity index (χ0v) is 15.9. The Bertz CT molecular complexity index is 966. The van der Waals surface area contributed by atoms with E-state index in [2.05, 4.69) is 27.3 Å². The molecule has 28 heavy (non-hydrogen) atoms. The molecule has 6 nitrogen and oxygen atoms in total. The van der Waals surface area contributed by atoms with Crippen molar-refractivity contribution in [2.75, 3.05) is 43.1 Å². The first-order valence-electron chi connectivity index (χ1n) is 9.51. The first-order chi connectivity index (χ1) is 13.8. The van der Waals surface area contributed by atoms with Gasteiger partial charge < -0.3 is 19.7 Å². The van der Waals surface area contributed by atoms with Gasteiger partial charge in [-0.3, -0.25) is 4.98 Å². The molecule has 0 atom stereocenters. The number of morpholine rings is 1. The topological polar surface area (TPSA) is 63.7 Å². The number of esters is 1. The smallest absolute Gasteiger partial charge is 0.341 e. The Morgan fingerprint density at radius 1 is 1.14 bits per heavy atom. The lowest BCUT2D eigenvalue weighted by molar-refractivity contribution is 0.0527. The van der Waals surface area contributed by atoms with Gasteiger partial charge in [-0.15, -0.1) is 0 Å². The molecular weight excluding hydrogens is 354 g/mol. The molecule has 1 N–H and O–H groups in total. The molecule has 4 rings (SSSR count). The normalized spacial score (nSPS) is 14.1. The van der Waals surface area contributed by atoms with E-state index in [0.29, 0.717) is 17.9 Å². The summed E-state index contributed by atoms with van der Waals surface area (Å²) in [7, 11) is 0. The van der Waals surface area contributed by atoms with Crippen LogP contribution in [-0.2, 0) is 9.47 Å². The van der Waals surface area contributed by atoms with Crippen LogP contribution < -0.4 is 10.2 Å². The number of ether oxygens (including phenoxy) is 2. The molecule has 1 aromatic heterocycles. The first-order valence-corrected chi connectivity index (χ1v) is 9.51. The minimum Gasteiger partial charge on any atom is -0.462 e. The number of carbonyl (C=O) groups is 1. The van der Waals surface area contributed by atoms with E-state index in [0.717, 1.165) is 42.9 Å². The largest absolute Gasteiger partial charge is 0.462 e. The molecule has 1 aliphatic heterocycles. The zero-order chi connectivity index (χ0) is 19.3. The van der Waals surface area contributed by atoms with Crippen LogP contribution in [0.3, 0.4) is 0 Å². The molecule has 0 radical (unpaired) electrons. The van der Waals surface area contributed by atoms with Crippen molar-refractivity contribution in [1.29, 1.82) is 0 Å². The molecule has 0 spiro atoms. The average Bonchev–Trinajstić information content (AvgIpc) is 2.75. The Morgan fingerprint density at radius 2 is 1.89 bits per heavy atom. The summed E-state index contributed by atoms with van der Waals surface area (Å²) in [6.45, 7) is 5.42. The lowest BCUT2D eigenvalue weighted by Gasteiger charge is -2.29. The maximum Gasteiger partial charge on any atom is 0.341 e. The van der Waals surface area contributed by atoms with Crippen LogP contribution in [0.15, 0.2) is 54.7 Å². The van der Waals surface area contributed by atoms with Gasteiger partial charge in [0.15, 0.2) is 0 Å². The number of anilines is 3. The SMILES string of the molecule is CCOC(=O)c1cnc2ccccc2c1Nc1ccc(N2CCOCC2)cc1. The van der Waals surface area contributed by atoms with Gasteiger partial charge in [0.05, 0.1) is 31.0 Å². The number of carbonyl (C=O) groups excluding carboxylic acids is 1. The van der Waals surface area contributed by atoms with Crippen LogP contribution >= 0.6 is 0 Å². The number of hydrogen-bond acceptors (Lipinski definition) is 6. The van der Waals surface area contributed by atoms with Gasteiger partial charge in [-0.05, 0) is 37.3 Å². The Hall–Kier alpha value is -3.12. The van der Waals surface area contributed by atoms with Crippen molar-refractivity contribution in [2.24, 2.45) is 0 Å². The third-order valence-corrected chi connectivity index (χ3v) is 4.78. The van der Waals surface area contributed by atoms with Crippen LogP contribution in [0.4, 0.5) is 17.1 Å². The van der Waals surface area contributed by atoms with Crippen LogP contribution in [0.1, 0.15) is 17.3 Å². The minimum atomic E-state index is -0.381. The summed E-state index contributed by atoms with van der Waals surface area (Å²) in [6.07, 6.45) is 1.57. The second-order valence-corrected chi connectivity index (χ2v) is 6.56. The van der Waals surface area contributed by atoms with Crippen molar-refractivity contribution < 1.29 is 14.3 Å². The summed E-state index contributed by atoms with van der Waals surface area (Å²) < 4.78 is 10.6. The summed E-state index contributed by atoms with van der Waals surface area (Å²) in [4.78, 5) is 19.1. The third kappa shape index (κ3) is 3.77. The maximum absolute atomic E-state index is 12.4. The van der Waals surface area contributed by atoms with Gasteiger partial charge in [0, 0.05) is 36.0 Å². The van der Waals surface area contributed by atoms with Crippen LogP contribution in [-0.4, -0.2) is 43.9 Å². The van der Waals surface area contributed by atoms with E-state index in [1.165, 1.54) is 5.69 Å². The van der Waals surface area contributed by atoms with E-state index in [1.807, 2.05) is 36.4 Å². The van der Waals surface area contributed by atoms with Crippen molar-refractivity contribution in [3.63, 3.8) is 0 Å². The van der Waals surface area contributed by atoms with Gasteiger partial charge in [-0.1, -0.05) is 18.2 Å². The molecule has 144 valence electrons. The van der Waals surface area contributed by atoms with Crippen LogP contribution in [0.2, 0.25) is 0 Å². The second kappa shape index (κ2) is 8.27. The summed E-state index contributed by atoms with van der Waals surface area (Å²) in [5.41, 5.74) is 4.03. The molecule has 3 aromatic rings. The molecule has 0 bridgehead atoms. The summed E-state index contributed by atoms with van der Waals surface area (Å²) in [6, 6.07) is 16.0. The van der Waals surface area contributed by atoms with E-state index in [-0.39, 0.29) is 5.97 Å². The summed E-state index contributed by atoms with van der Waals surface area (Å²) in [5.74, 6) is -0.381. The summed E-state index contributed by atoms with van der Waals surface area (Å²) >= 11 is 0. The first kappa shape index (κ1) is 18.3. The number of nitrogens with zero attached hydrogens (tertiary/aromatic N) is 2. The molecule has 1 fully saturated rings. The van der Waals surface area contributed by atoms with E-state index >= 15 is 0 Å². The molecule has 2 aromatic carbocycles. The van der Waals surface area contributed by atoms with Crippen molar-refractivity contribution in [1.82, 2.24) is 4.98 Å². The molecule has 0 aliphatic carbocycles. The number of para-hydroxylation sites is 1. The van der Waals surface area contributed by atoms with Gasteiger partial charge in [-0.2, -0.15) is 0 Å². The molecule has 1 saturated heterocycles. The minimum absolute atomic E-state index is 0.319. The highest BCUT2D eigenvalue weighted by Crippen LogP contribution is 2.30. The quantitative estimate of drug-likeness (QED) is 0.678. The molecule has 0 unspecified atom stereocenters. The van der Waals surface area contributed by atoms with E-state index in [9.17, 15) is 4.79 Å². The van der Waals surface area contributed by atoms with Gasteiger partial charge in [0.25, 0.3) is 0 Å². The van der Waals surface area contributed by atoms with Crippen molar-refractivity contribution in [3.05, 3.63) is 60.3 Å². The number of nitrogens with one attached hydrogen (secondary N) is 1. The highest BCUT2D eigenvalue weighted by Gasteiger charge is 2.17. The fourth-order valence-corrected chi connectivity index (χ4v) is 3.36. The molecule has 0 saturated carbocycles. The molecule has 0 amide bonds. The number of fused-ring (bicyclic) bond motifs is 1. The number of benzene rings is 2. The lowest BCUT2D eigenvalue weighted by atomic mass is 10.1. The fraction of sp³-hybridized carbons (Fsp3) is 0.273. The Balaban J connectivity index is 1.66. The van der Waals surface area contributed by atoms with Gasteiger partial charge in [-0.25, -0.2) is 4.79 Å². The highest BCUT2D eigenvalue weighted by molar-refractivity contribution is 6.06. The van der Waals surface area contributed by atoms with E-state index in [4.69, 9.17) is 9.47 Å². The molecule has 2 heterocycles. The second-order valence-electron chi connectivity index (χ2n) is 6.56. The zero-order valence-electron chi connectivity index (χ0n) is 15.9. The highest BCUT2D eigenvalue weighted by atomic mass is 16.5. The van der Waals surface area contributed by atoms with Gasteiger partial charge in [0.1, 0.15) is 5.56 Å². The number of aromatic nitrogens is 1. The standard InChI is InChI=1S/C22H23N3O3/c1-2-28-22(26)19-15-23-20-6-4-3-5-18(20)21(19)24-16-7-9-17(10-8-16)25-11-13-27-14-12-25/h3-10,15H,2,11-14H2,1H3,(H,23,24). The molecule has 6 heteroatoms. The van der Waals surface area contributed by atoms with Crippen molar-refractivity contribution in [3.8, 4) is 0 Å². The monoisotopic (exact) mass is 377 g/mol. The van der Waals surface area contributed by atoms with E-state index in [1.54, 1.807) is 13.1 Å². The average molecular weight is 377 g/mol. The molecular formula is C22H23N3O3. The predicted octanol–water partition coefficient (Wildman–Crippen LogP) is 3.99. The van der Waals surface area contributed by atoms with E-state index < -0.39 is 0 Å². The fourth-order valence-electron chi connectivity index (χ4n) is 3.36. The number of rotatable bonds is 5. The third-order valence-electron chi connectivity index (χ3n) is 4.78. The maximum atomic E-state index is 12.4. The lowest BCUT2D eigenvalue weighted by Crippen LogP contribution is -2.36. The van der Waals surface area contributed by atoms with Crippen LogP contribution in [0.25, 0.3) is 10.9 Å². The van der Waals surface area contributed by atoms with Crippen LogP contribution in [0, 0.1) is 0 Å². The molecule has 1 aliphatic rings. The van der Waals surface area contributed by atoms with Crippen molar-refractivity contribution >= 4 is 33.9 Å². The number of pyridine rings is 1. The Labute approximate surface area is 164 Å². The summed E-state index contributed by atoms with van der Waals surface area (Å²) in [5, 5.41) is 4.28. The van der Waals surface area contributed by atoms with Gasteiger partial charge in [0.2, 0.25) is 0 Å². The van der Waals surface area contributed by atoms with Crippen molar-refractivity contribution in [2.45, 2.75) is 6.92 Å². The predicted molar refractivity (Wildman–Crippen MR) is 110 cm³/mol. The van der Waals surface area contributed by atoms with Gasteiger partial charge >= 0.3 is 5.97 Å². The van der Waals surface area contributed by atoms with Crippen LogP contribution in [0.5, 0.6) is 0 Å². The number of hydrogen-bond donors (Lipinski definition) is 1.